The van der Waals surface area contributed by atoms with Gasteiger partial charge in [0.05, 0.1) is 18.5 Å². The Hall–Kier alpha value is -5.32. The highest BCUT2D eigenvalue weighted by molar-refractivity contribution is 6.08. The van der Waals surface area contributed by atoms with Crippen molar-refractivity contribution < 1.29 is 23.9 Å². The van der Waals surface area contributed by atoms with Crippen LogP contribution < -0.4 is 25.4 Å². The minimum atomic E-state index is -0.410. The molecule has 0 bridgehead atoms. The average molecular weight is 625 g/mol. The molecule has 0 atom stereocenters. The third-order valence-corrected chi connectivity index (χ3v) is 7.81. The smallest absolute Gasteiger partial charge is 0.323 e. The molecule has 3 aromatic carbocycles. The van der Waals surface area contributed by atoms with Crippen LogP contribution in [-0.2, 0) is 5.41 Å². The first-order valence-electron chi connectivity index (χ1n) is 15.3. The number of hydrogen-bond donors (Lipinski definition) is 3. The van der Waals surface area contributed by atoms with Crippen molar-refractivity contribution in [2.24, 2.45) is 0 Å². The molecule has 5 amide bonds. The van der Waals surface area contributed by atoms with Crippen molar-refractivity contribution in [2.75, 3.05) is 50.5 Å². The highest BCUT2D eigenvalue weighted by atomic mass is 16.5. The van der Waals surface area contributed by atoms with Crippen molar-refractivity contribution in [1.82, 2.24) is 20.1 Å². The van der Waals surface area contributed by atoms with E-state index in [0.717, 1.165) is 16.3 Å². The van der Waals surface area contributed by atoms with E-state index in [1.165, 1.54) is 0 Å². The molecule has 0 saturated carbocycles. The summed E-state index contributed by atoms with van der Waals surface area (Å²) in [6.45, 7) is 10.5. The molecule has 1 saturated heterocycles. The van der Waals surface area contributed by atoms with Crippen molar-refractivity contribution in [1.29, 1.82) is 0 Å². The second-order valence-electron chi connectivity index (χ2n) is 12.0. The predicted octanol–water partition coefficient (Wildman–Crippen LogP) is 6.46. The van der Waals surface area contributed by atoms with Gasteiger partial charge < -0.3 is 35.2 Å². The number of hydrogen-bond acceptors (Lipinski definition) is 6. The number of benzene rings is 3. The van der Waals surface area contributed by atoms with Gasteiger partial charge in [0.1, 0.15) is 22.9 Å². The van der Waals surface area contributed by atoms with Gasteiger partial charge in [0.15, 0.2) is 0 Å². The van der Waals surface area contributed by atoms with Crippen molar-refractivity contribution in [2.45, 2.75) is 33.1 Å². The number of urea groups is 2. The van der Waals surface area contributed by atoms with E-state index in [4.69, 9.17) is 9.47 Å². The minimum absolute atomic E-state index is 0.100. The van der Waals surface area contributed by atoms with E-state index in [-0.39, 0.29) is 23.0 Å². The summed E-state index contributed by atoms with van der Waals surface area (Å²) in [5.41, 5.74) is 2.40. The maximum absolute atomic E-state index is 13.2. The van der Waals surface area contributed by atoms with Gasteiger partial charge in [-0.25, -0.2) is 9.59 Å². The normalized spacial score (nSPS) is 13.2. The van der Waals surface area contributed by atoms with E-state index < -0.39 is 6.03 Å². The molecule has 0 aliphatic carbocycles. The Kier molecular flexibility index (Phi) is 9.60. The molecule has 1 aromatic heterocycles. The van der Waals surface area contributed by atoms with E-state index in [2.05, 4.69) is 41.7 Å². The fraction of sp³-hybridized carbons (Fsp3) is 0.314. The summed E-state index contributed by atoms with van der Waals surface area (Å²) < 4.78 is 11.7. The van der Waals surface area contributed by atoms with E-state index in [1.54, 1.807) is 47.4 Å². The Morgan fingerprint density at radius 1 is 0.826 bits per heavy atom. The number of methoxy groups -OCH3 is 1. The van der Waals surface area contributed by atoms with Crippen LogP contribution in [0, 0.1) is 0 Å². The standard InChI is InChI=1S/C35H40N6O5/c1-6-36-34(44)41-19-17-40(18-20-41)32(42)29-22-24(15-16-37-29)46-30-14-12-27(25-9-7-8-10-26(25)30)38-33(43)39-28-21-23(35(2,3)4)11-13-31(28)45-5/h7-16,21-22H,6,17-20H2,1-5H3,(H,36,44)(H2,38,39,43). The van der Waals surface area contributed by atoms with Gasteiger partial charge in [0.2, 0.25) is 0 Å². The predicted molar refractivity (Wildman–Crippen MR) is 179 cm³/mol. The van der Waals surface area contributed by atoms with Gasteiger partial charge in [-0.1, -0.05) is 51.1 Å². The molecule has 2 heterocycles. The number of fused-ring (bicyclic) bond motifs is 1. The van der Waals surface area contributed by atoms with Gasteiger partial charge >= 0.3 is 12.1 Å². The number of carbonyl (C=O) groups excluding carboxylic acids is 3. The molecule has 240 valence electrons. The summed E-state index contributed by atoms with van der Waals surface area (Å²) in [6, 6.07) is 19.7. The fourth-order valence-corrected chi connectivity index (χ4v) is 5.27. The summed E-state index contributed by atoms with van der Waals surface area (Å²) in [6.07, 6.45) is 1.54. The van der Waals surface area contributed by atoms with Gasteiger partial charge in [0.25, 0.3) is 5.91 Å². The molecule has 1 fully saturated rings. The lowest BCUT2D eigenvalue weighted by Gasteiger charge is -2.34. The number of piperazine rings is 1. The highest BCUT2D eigenvalue weighted by Gasteiger charge is 2.26. The lowest BCUT2D eigenvalue weighted by atomic mass is 9.87. The van der Waals surface area contributed by atoms with Crippen LogP contribution in [0.5, 0.6) is 17.2 Å². The zero-order valence-corrected chi connectivity index (χ0v) is 26.8. The van der Waals surface area contributed by atoms with E-state index in [1.807, 2.05) is 49.4 Å². The minimum Gasteiger partial charge on any atom is -0.495 e. The summed E-state index contributed by atoms with van der Waals surface area (Å²) in [5.74, 6) is 1.35. The van der Waals surface area contributed by atoms with Crippen LogP contribution in [0.3, 0.4) is 0 Å². The molecular weight excluding hydrogens is 584 g/mol. The maximum Gasteiger partial charge on any atom is 0.323 e. The van der Waals surface area contributed by atoms with Crippen LogP contribution in [0.2, 0.25) is 0 Å². The third kappa shape index (κ3) is 7.31. The van der Waals surface area contributed by atoms with Crippen LogP contribution in [0.15, 0.2) is 72.9 Å². The number of ether oxygens (including phenoxy) is 2. The van der Waals surface area contributed by atoms with Crippen LogP contribution in [0.1, 0.15) is 43.7 Å². The van der Waals surface area contributed by atoms with Crippen molar-refractivity contribution in [3.8, 4) is 17.2 Å². The second-order valence-corrected chi connectivity index (χ2v) is 12.0. The van der Waals surface area contributed by atoms with Crippen molar-refractivity contribution in [3.05, 3.63) is 84.2 Å². The Morgan fingerprint density at radius 2 is 1.50 bits per heavy atom. The number of aromatic nitrogens is 1. The summed E-state index contributed by atoms with van der Waals surface area (Å²) in [4.78, 5) is 46.2. The molecule has 1 aliphatic heterocycles. The quantitative estimate of drug-likeness (QED) is 0.217. The van der Waals surface area contributed by atoms with E-state index in [0.29, 0.717) is 61.3 Å². The first-order valence-corrected chi connectivity index (χ1v) is 15.3. The largest absolute Gasteiger partial charge is 0.495 e. The van der Waals surface area contributed by atoms with Gasteiger partial charge in [0, 0.05) is 55.8 Å². The topological polar surface area (TPSA) is 125 Å². The van der Waals surface area contributed by atoms with Crippen LogP contribution in [0.25, 0.3) is 10.8 Å². The number of anilines is 2. The van der Waals surface area contributed by atoms with Crippen molar-refractivity contribution >= 4 is 40.1 Å². The van der Waals surface area contributed by atoms with Crippen LogP contribution in [0.4, 0.5) is 21.0 Å². The molecule has 0 unspecified atom stereocenters. The SMILES string of the molecule is CCNC(=O)N1CCN(C(=O)c2cc(Oc3ccc(NC(=O)Nc4cc(C(C)(C)C)ccc4OC)c4ccccc34)ccn2)CC1. The van der Waals surface area contributed by atoms with E-state index in [9.17, 15) is 14.4 Å². The fourth-order valence-electron chi connectivity index (χ4n) is 5.27. The number of nitrogens with one attached hydrogen (secondary N) is 3. The zero-order valence-electron chi connectivity index (χ0n) is 26.8. The van der Waals surface area contributed by atoms with Crippen LogP contribution >= 0.6 is 0 Å². The maximum atomic E-state index is 13.2. The number of rotatable bonds is 7. The zero-order chi connectivity index (χ0) is 32.8. The lowest BCUT2D eigenvalue weighted by Crippen LogP contribution is -2.53. The molecule has 0 radical (unpaired) electrons. The second kappa shape index (κ2) is 13.8. The third-order valence-electron chi connectivity index (χ3n) is 7.81. The van der Waals surface area contributed by atoms with Gasteiger partial charge in [-0.05, 0) is 48.2 Å². The summed E-state index contributed by atoms with van der Waals surface area (Å²) in [7, 11) is 1.57. The number of carbonyl (C=O) groups is 3. The van der Waals surface area contributed by atoms with Gasteiger partial charge in [-0.15, -0.1) is 0 Å². The Labute approximate surface area is 268 Å². The molecule has 3 N–H and O–H groups in total. The van der Waals surface area contributed by atoms with Crippen LogP contribution in [-0.4, -0.2) is 72.6 Å². The molecule has 11 nitrogen and oxygen atoms in total. The average Bonchev–Trinajstić information content (AvgIpc) is 3.05. The monoisotopic (exact) mass is 624 g/mol. The highest BCUT2D eigenvalue weighted by Crippen LogP contribution is 2.35. The molecule has 4 aromatic rings. The van der Waals surface area contributed by atoms with Gasteiger partial charge in [-0.3, -0.25) is 9.78 Å². The molecular formula is C35H40N6O5. The Balaban J connectivity index is 1.30. The molecule has 5 rings (SSSR count). The first kappa shape index (κ1) is 32.1. The summed E-state index contributed by atoms with van der Waals surface area (Å²) in [5, 5.41) is 10.2. The molecule has 0 spiro atoms. The lowest BCUT2D eigenvalue weighted by molar-refractivity contribution is 0.0659. The van der Waals surface area contributed by atoms with E-state index >= 15 is 0 Å². The number of amides is 5. The molecule has 1 aliphatic rings. The first-order chi connectivity index (χ1) is 22.1. The Bertz CT molecular complexity index is 1740. The number of nitrogens with zero attached hydrogens (tertiary/aromatic N) is 3. The summed E-state index contributed by atoms with van der Waals surface area (Å²) >= 11 is 0. The molecule has 11 heteroatoms. The Morgan fingerprint density at radius 3 is 2.20 bits per heavy atom. The number of pyridine rings is 1. The van der Waals surface area contributed by atoms with Gasteiger partial charge in [-0.2, -0.15) is 0 Å². The molecule has 46 heavy (non-hydrogen) atoms. The van der Waals surface area contributed by atoms with Crippen molar-refractivity contribution in [3.63, 3.8) is 0 Å².